The van der Waals surface area contributed by atoms with E-state index in [1.54, 1.807) is 35.2 Å². The fraction of sp³-hybridized carbons (Fsp3) is 0.269. The lowest BCUT2D eigenvalue weighted by atomic mass is 10.0. The zero-order valence-electron chi connectivity index (χ0n) is 18.1. The van der Waals surface area contributed by atoms with E-state index in [-0.39, 0.29) is 29.6 Å². The maximum Gasteiger partial charge on any atom is 0.242 e. The van der Waals surface area contributed by atoms with E-state index in [1.807, 2.05) is 36.7 Å². The van der Waals surface area contributed by atoms with Crippen LogP contribution in [0.4, 0.5) is 0 Å². The number of likely N-dealkylation sites (N-methyl/N-ethyl adjacent to an activating group) is 1. The van der Waals surface area contributed by atoms with E-state index in [0.717, 1.165) is 28.5 Å². The number of amides is 1. The summed E-state index contributed by atoms with van der Waals surface area (Å²) in [5, 5.41) is 0.941. The van der Waals surface area contributed by atoms with Gasteiger partial charge in [0.25, 0.3) is 0 Å². The van der Waals surface area contributed by atoms with Gasteiger partial charge in [0.2, 0.25) is 5.91 Å². The molecule has 0 unspecified atom stereocenters. The Labute approximate surface area is 182 Å². The molecule has 5 nitrogen and oxygen atoms in total. The van der Waals surface area contributed by atoms with E-state index in [2.05, 4.69) is 13.0 Å². The van der Waals surface area contributed by atoms with Crippen molar-refractivity contribution in [1.29, 1.82) is 0 Å². The van der Waals surface area contributed by atoms with Crippen LogP contribution in [0.25, 0.3) is 17.0 Å². The highest BCUT2D eigenvalue weighted by Crippen LogP contribution is 2.31. The van der Waals surface area contributed by atoms with Gasteiger partial charge in [-0.1, -0.05) is 49.4 Å². The molecule has 1 amide bonds. The number of ketones is 2. The molecule has 0 N–H and O–H groups in total. The SMILES string of the molecule is CCc1cccc2c(C=C3C(=O)c4ccccc4C3=O)cn(CC(=O)N(CC)CC)c12. The zero-order chi connectivity index (χ0) is 22.1. The second kappa shape index (κ2) is 8.34. The number of Topliss-reactive ketones (excluding diaryl/α,β-unsaturated/α-hetero) is 2. The summed E-state index contributed by atoms with van der Waals surface area (Å²) >= 11 is 0. The summed E-state index contributed by atoms with van der Waals surface area (Å²) in [6.07, 6.45) is 4.40. The number of rotatable bonds is 6. The molecule has 1 aliphatic rings. The molecule has 1 heterocycles. The number of allylic oxidation sites excluding steroid dienone is 1. The molecule has 0 bridgehead atoms. The van der Waals surface area contributed by atoms with E-state index in [9.17, 15) is 14.4 Å². The molecule has 1 aliphatic carbocycles. The lowest BCUT2D eigenvalue weighted by Gasteiger charge is -2.19. The fourth-order valence-electron chi connectivity index (χ4n) is 4.37. The van der Waals surface area contributed by atoms with Gasteiger partial charge in [0.15, 0.2) is 11.6 Å². The van der Waals surface area contributed by atoms with Gasteiger partial charge < -0.3 is 9.47 Å². The average molecular weight is 415 g/mol. The van der Waals surface area contributed by atoms with Gasteiger partial charge in [-0.2, -0.15) is 0 Å². The molecule has 3 aromatic rings. The minimum atomic E-state index is -0.243. The standard InChI is InChI=1S/C26H26N2O3/c1-4-17-10-9-13-19-18(15-28(24(17)19)16-23(29)27(5-2)6-3)14-22-25(30)20-11-7-8-12-21(20)26(22)31/h7-15H,4-6,16H2,1-3H3. The summed E-state index contributed by atoms with van der Waals surface area (Å²) < 4.78 is 1.96. The first kappa shape index (κ1) is 20.8. The number of para-hydroxylation sites is 1. The Morgan fingerprint density at radius 2 is 1.58 bits per heavy atom. The Kier molecular flexibility index (Phi) is 5.59. The van der Waals surface area contributed by atoms with Crippen molar-refractivity contribution >= 4 is 34.5 Å². The van der Waals surface area contributed by atoms with Crippen LogP contribution < -0.4 is 0 Å². The van der Waals surface area contributed by atoms with Crippen molar-refractivity contribution in [3.63, 3.8) is 0 Å². The summed E-state index contributed by atoms with van der Waals surface area (Å²) in [5.74, 6) is -0.438. The Morgan fingerprint density at radius 1 is 0.935 bits per heavy atom. The second-order valence-corrected chi connectivity index (χ2v) is 7.71. The highest BCUT2D eigenvalue weighted by molar-refractivity contribution is 6.41. The fourth-order valence-corrected chi connectivity index (χ4v) is 4.37. The van der Waals surface area contributed by atoms with Crippen LogP contribution in [-0.2, 0) is 17.8 Å². The van der Waals surface area contributed by atoms with Crippen molar-refractivity contribution in [2.24, 2.45) is 0 Å². The minimum absolute atomic E-state index is 0.0485. The second-order valence-electron chi connectivity index (χ2n) is 7.71. The quantitative estimate of drug-likeness (QED) is 0.440. The van der Waals surface area contributed by atoms with E-state index in [0.29, 0.717) is 24.2 Å². The van der Waals surface area contributed by atoms with Crippen molar-refractivity contribution in [3.8, 4) is 0 Å². The van der Waals surface area contributed by atoms with Crippen molar-refractivity contribution in [1.82, 2.24) is 9.47 Å². The number of fused-ring (bicyclic) bond motifs is 2. The van der Waals surface area contributed by atoms with E-state index >= 15 is 0 Å². The zero-order valence-corrected chi connectivity index (χ0v) is 18.1. The Morgan fingerprint density at radius 3 is 2.16 bits per heavy atom. The Bertz CT molecular complexity index is 1190. The van der Waals surface area contributed by atoms with Gasteiger partial charge in [0.05, 0.1) is 11.1 Å². The average Bonchev–Trinajstić information content (AvgIpc) is 3.25. The molecule has 0 saturated carbocycles. The molecule has 158 valence electrons. The normalized spacial score (nSPS) is 13.1. The Balaban J connectivity index is 1.83. The van der Waals surface area contributed by atoms with E-state index in [1.165, 1.54) is 0 Å². The van der Waals surface area contributed by atoms with Gasteiger partial charge in [-0.25, -0.2) is 0 Å². The first-order chi connectivity index (χ1) is 15.0. The third-order valence-electron chi connectivity index (χ3n) is 6.02. The highest BCUT2D eigenvalue weighted by atomic mass is 16.2. The predicted octanol–water partition coefficient (Wildman–Crippen LogP) is 4.53. The third-order valence-corrected chi connectivity index (χ3v) is 6.02. The molecule has 0 aliphatic heterocycles. The van der Waals surface area contributed by atoms with Gasteiger partial charge in [-0.3, -0.25) is 14.4 Å². The molecular weight excluding hydrogens is 388 g/mol. The van der Waals surface area contributed by atoms with Crippen LogP contribution in [0, 0.1) is 0 Å². The van der Waals surface area contributed by atoms with Crippen LogP contribution in [-0.4, -0.2) is 40.0 Å². The van der Waals surface area contributed by atoms with Crippen LogP contribution >= 0.6 is 0 Å². The number of nitrogens with zero attached hydrogens (tertiary/aromatic N) is 2. The first-order valence-electron chi connectivity index (χ1n) is 10.8. The third kappa shape index (κ3) is 3.50. The van der Waals surface area contributed by atoms with Crippen LogP contribution in [0.3, 0.4) is 0 Å². The number of aryl methyl sites for hydroxylation is 1. The summed E-state index contributed by atoms with van der Waals surface area (Å²) in [6, 6.07) is 12.9. The van der Waals surface area contributed by atoms with Crippen molar-refractivity contribution < 1.29 is 14.4 Å². The molecule has 0 saturated heterocycles. The van der Waals surface area contributed by atoms with Gasteiger partial charge in [0, 0.05) is 41.4 Å². The van der Waals surface area contributed by atoms with Crippen LogP contribution in [0.2, 0.25) is 0 Å². The van der Waals surface area contributed by atoms with Crippen molar-refractivity contribution in [3.05, 3.63) is 76.5 Å². The molecular formula is C26H26N2O3. The summed E-state index contributed by atoms with van der Waals surface area (Å²) in [7, 11) is 0. The summed E-state index contributed by atoms with van der Waals surface area (Å²) in [5.41, 5.74) is 3.97. The molecule has 0 atom stereocenters. The number of carbonyl (C=O) groups excluding carboxylic acids is 3. The molecule has 0 fully saturated rings. The van der Waals surface area contributed by atoms with Crippen LogP contribution in [0.1, 0.15) is 52.6 Å². The summed E-state index contributed by atoms with van der Waals surface area (Å²) in [6.45, 7) is 7.56. The van der Waals surface area contributed by atoms with Crippen molar-refractivity contribution in [2.75, 3.05) is 13.1 Å². The molecule has 2 aromatic carbocycles. The monoisotopic (exact) mass is 414 g/mol. The van der Waals surface area contributed by atoms with E-state index in [4.69, 9.17) is 0 Å². The van der Waals surface area contributed by atoms with E-state index < -0.39 is 0 Å². The molecule has 5 heteroatoms. The first-order valence-corrected chi connectivity index (χ1v) is 10.8. The van der Waals surface area contributed by atoms with Gasteiger partial charge >= 0.3 is 0 Å². The molecule has 0 radical (unpaired) electrons. The molecule has 31 heavy (non-hydrogen) atoms. The maximum absolute atomic E-state index is 12.9. The number of benzene rings is 2. The lowest BCUT2D eigenvalue weighted by Crippen LogP contribution is -2.33. The molecule has 0 spiro atoms. The van der Waals surface area contributed by atoms with Gasteiger partial charge in [-0.05, 0) is 31.9 Å². The highest BCUT2D eigenvalue weighted by Gasteiger charge is 2.32. The Hall–Kier alpha value is -3.47. The molecule has 4 rings (SSSR count). The van der Waals surface area contributed by atoms with Gasteiger partial charge in [0.1, 0.15) is 6.54 Å². The van der Waals surface area contributed by atoms with Gasteiger partial charge in [-0.15, -0.1) is 0 Å². The number of carbonyl (C=O) groups is 3. The number of aromatic nitrogens is 1. The van der Waals surface area contributed by atoms with Crippen LogP contribution in [0.15, 0.2) is 54.2 Å². The largest absolute Gasteiger partial charge is 0.342 e. The molecule has 1 aromatic heterocycles. The van der Waals surface area contributed by atoms with Crippen LogP contribution in [0.5, 0.6) is 0 Å². The minimum Gasteiger partial charge on any atom is -0.342 e. The number of hydrogen-bond acceptors (Lipinski definition) is 3. The lowest BCUT2D eigenvalue weighted by molar-refractivity contribution is -0.131. The maximum atomic E-state index is 12.9. The van der Waals surface area contributed by atoms with Crippen molar-refractivity contribution in [2.45, 2.75) is 33.7 Å². The topological polar surface area (TPSA) is 59.4 Å². The predicted molar refractivity (Wildman–Crippen MR) is 122 cm³/mol. The number of hydrogen-bond donors (Lipinski definition) is 0. The smallest absolute Gasteiger partial charge is 0.242 e. The summed E-state index contributed by atoms with van der Waals surface area (Å²) in [4.78, 5) is 40.3.